The summed E-state index contributed by atoms with van der Waals surface area (Å²) in [6.45, 7) is 4.24. The summed E-state index contributed by atoms with van der Waals surface area (Å²) < 4.78 is 0.793. The van der Waals surface area contributed by atoms with Crippen LogP contribution in [0.25, 0.3) is 0 Å². The van der Waals surface area contributed by atoms with Gasteiger partial charge in [-0.3, -0.25) is 9.59 Å². The van der Waals surface area contributed by atoms with E-state index in [4.69, 9.17) is 0 Å². The maximum Gasteiger partial charge on any atom is 0.264 e. The minimum absolute atomic E-state index is 0.177. The van der Waals surface area contributed by atoms with Crippen molar-refractivity contribution in [2.75, 3.05) is 11.4 Å². The molecule has 0 aliphatic carbocycles. The van der Waals surface area contributed by atoms with Crippen LogP contribution in [0.4, 0.5) is 5.69 Å². The molecule has 0 fully saturated rings. The molecule has 1 aliphatic rings. The van der Waals surface area contributed by atoms with Gasteiger partial charge in [-0.05, 0) is 31.5 Å². The predicted molar refractivity (Wildman–Crippen MR) is 118 cm³/mol. The van der Waals surface area contributed by atoms with Gasteiger partial charge in [0.15, 0.2) is 5.60 Å². The van der Waals surface area contributed by atoms with E-state index in [2.05, 4.69) is 22.9 Å². The monoisotopic (exact) mass is 451 g/mol. The Morgan fingerprint density at radius 2 is 1.61 bits per heavy atom. The topological polar surface area (TPSA) is 57.6 Å². The van der Waals surface area contributed by atoms with Crippen LogP contribution in [0, 0.1) is 0 Å². The first-order valence-electron chi connectivity index (χ1n) is 10.7. The van der Waals surface area contributed by atoms with Gasteiger partial charge < -0.3 is 10.0 Å². The number of fused-ring (bicyclic) bond motifs is 1. The molecule has 1 amide bonds. The molecule has 0 radical (unpaired) electrons. The molecule has 0 spiro atoms. The van der Waals surface area contributed by atoms with Crippen molar-refractivity contribution in [3.63, 3.8) is 0 Å². The molecule has 0 aromatic heterocycles. The van der Waals surface area contributed by atoms with Gasteiger partial charge in [-0.15, -0.1) is 0 Å². The van der Waals surface area contributed by atoms with Crippen LogP contribution in [0.5, 0.6) is 0 Å². The number of carbonyl (C=O) groups is 2. The second-order valence-electron chi connectivity index (χ2n) is 8.04. The molecule has 1 aliphatic heterocycles. The first kappa shape index (κ1) is 23.1. The van der Waals surface area contributed by atoms with Crippen LogP contribution in [0.3, 0.4) is 0 Å². The van der Waals surface area contributed by atoms with Crippen molar-refractivity contribution < 1.29 is 14.7 Å². The summed E-state index contributed by atoms with van der Waals surface area (Å²) in [5, 5.41) is 11.0. The minimum Gasteiger partial charge on any atom is -0.375 e. The highest BCUT2D eigenvalue weighted by atomic mass is 79.9. The van der Waals surface area contributed by atoms with Gasteiger partial charge in [-0.25, -0.2) is 0 Å². The van der Waals surface area contributed by atoms with Gasteiger partial charge in [0.1, 0.15) is 5.78 Å². The fraction of sp³-hybridized carbons (Fsp3) is 0.652. The fourth-order valence-corrected chi connectivity index (χ4v) is 4.39. The number of rotatable bonds is 13. The molecule has 4 nitrogen and oxygen atoms in total. The number of ketones is 1. The second-order valence-corrected chi connectivity index (χ2v) is 8.95. The lowest BCUT2D eigenvalue weighted by atomic mass is 9.90. The van der Waals surface area contributed by atoms with E-state index in [1.54, 1.807) is 11.0 Å². The number of halogens is 1. The van der Waals surface area contributed by atoms with E-state index in [0.29, 0.717) is 12.1 Å². The van der Waals surface area contributed by atoms with Crippen LogP contribution in [0.2, 0.25) is 0 Å². The smallest absolute Gasteiger partial charge is 0.264 e. The first-order valence-corrected chi connectivity index (χ1v) is 11.5. The molecule has 0 saturated heterocycles. The van der Waals surface area contributed by atoms with Crippen molar-refractivity contribution in [3.05, 3.63) is 28.2 Å². The van der Waals surface area contributed by atoms with Crippen LogP contribution in [0.1, 0.15) is 90.0 Å². The average molecular weight is 452 g/mol. The van der Waals surface area contributed by atoms with Gasteiger partial charge >= 0.3 is 0 Å². The number of hydrogen-bond acceptors (Lipinski definition) is 3. The number of aliphatic hydroxyl groups is 1. The van der Waals surface area contributed by atoms with E-state index in [-0.39, 0.29) is 18.1 Å². The number of hydrogen-bond donors (Lipinski definition) is 1. The zero-order valence-corrected chi connectivity index (χ0v) is 18.9. The number of amides is 1. The van der Waals surface area contributed by atoms with Crippen LogP contribution in [-0.2, 0) is 15.2 Å². The summed E-state index contributed by atoms with van der Waals surface area (Å²) in [5.41, 5.74) is -0.467. The summed E-state index contributed by atoms with van der Waals surface area (Å²) in [6.07, 6.45) is 12.2. The average Bonchev–Trinajstić information content (AvgIpc) is 2.84. The van der Waals surface area contributed by atoms with E-state index in [0.717, 1.165) is 23.0 Å². The van der Waals surface area contributed by atoms with Crippen molar-refractivity contribution in [2.45, 2.75) is 90.1 Å². The van der Waals surface area contributed by atoms with Gasteiger partial charge in [-0.1, -0.05) is 80.6 Å². The Morgan fingerprint density at radius 1 is 1.04 bits per heavy atom. The third-order valence-corrected chi connectivity index (χ3v) is 6.03. The quantitative estimate of drug-likeness (QED) is 0.380. The maximum absolute atomic E-state index is 12.9. The van der Waals surface area contributed by atoms with Crippen molar-refractivity contribution in [2.24, 2.45) is 0 Å². The number of nitrogens with zero attached hydrogens (tertiary/aromatic N) is 1. The third kappa shape index (κ3) is 5.90. The molecule has 2 rings (SSSR count). The fourth-order valence-electron chi connectivity index (χ4n) is 4.03. The minimum atomic E-state index is -1.73. The van der Waals surface area contributed by atoms with Crippen LogP contribution >= 0.6 is 15.9 Å². The molecular weight excluding hydrogens is 418 g/mol. The summed E-state index contributed by atoms with van der Waals surface area (Å²) in [4.78, 5) is 26.2. The predicted octanol–water partition coefficient (Wildman–Crippen LogP) is 5.88. The SMILES string of the molecule is CCCCCCCCCCCCN1C(=O)C(O)(CC(C)=O)c2cc(Br)ccc21. The highest BCUT2D eigenvalue weighted by Crippen LogP contribution is 2.43. The van der Waals surface area contributed by atoms with Gasteiger partial charge in [-0.2, -0.15) is 0 Å². The molecule has 28 heavy (non-hydrogen) atoms. The molecule has 1 heterocycles. The van der Waals surface area contributed by atoms with E-state index < -0.39 is 5.60 Å². The van der Waals surface area contributed by atoms with E-state index in [1.165, 1.54) is 58.3 Å². The Balaban J connectivity index is 1.84. The van der Waals surface area contributed by atoms with Gasteiger partial charge in [0.05, 0.1) is 5.69 Å². The van der Waals surface area contributed by atoms with Crippen molar-refractivity contribution in [1.82, 2.24) is 0 Å². The maximum atomic E-state index is 12.9. The first-order chi connectivity index (χ1) is 13.4. The normalized spacial score (nSPS) is 18.6. The molecule has 156 valence electrons. The molecule has 1 atom stereocenters. The number of Topliss-reactive ketones (excluding diaryl/α,β-unsaturated/α-hetero) is 1. The van der Waals surface area contributed by atoms with Crippen molar-refractivity contribution in [1.29, 1.82) is 0 Å². The van der Waals surface area contributed by atoms with Gasteiger partial charge in [0.25, 0.3) is 5.91 Å². The number of carbonyl (C=O) groups excluding carboxylic acids is 2. The van der Waals surface area contributed by atoms with Crippen LogP contribution in [0.15, 0.2) is 22.7 Å². The molecule has 1 aromatic carbocycles. The highest BCUT2D eigenvalue weighted by molar-refractivity contribution is 9.10. The number of benzene rings is 1. The highest BCUT2D eigenvalue weighted by Gasteiger charge is 2.50. The molecule has 0 saturated carbocycles. The zero-order valence-electron chi connectivity index (χ0n) is 17.3. The molecule has 0 bridgehead atoms. The lowest BCUT2D eigenvalue weighted by molar-refractivity contribution is -0.141. The van der Waals surface area contributed by atoms with E-state index in [9.17, 15) is 14.7 Å². The Morgan fingerprint density at radius 3 is 2.18 bits per heavy atom. The van der Waals surface area contributed by atoms with Gasteiger partial charge in [0.2, 0.25) is 0 Å². The number of anilines is 1. The molecule has 1 N–H and O–H groups in total. The molecule has 5 heteroatoms. The van der Waals surface area contributed by atoms with Crippen molar-refractivity contribution >= 4 is 33.3 Å². The molecule has 1 aromatic rings. The standard InChI is InChI=1S/C23H34BrNO3/c1-3-4-5-6-7-8-9-10-11-12-15-25-21-14-13-19(24)16-20(21)23(28,22(25)27)17-18(2)26/h13-14,16,28H,3-12,15,17H2,1-2H3. The lowest BCUT2D eigenvalue weighted by Crippen LogP contribution is -2.41. The lowest BCUT2D eigenvalue weighted by Gasteiger charge is -2.22. The summed E-state index contributed by atoms with van der Waals surface area (Å²) >= 11 is 3.40. The summed E-state index contributed by atoms with van der Waals surface area (Å²) in [6, 6.07) is 5.48. The molecule has 1 unspecified atom stereocenters. The largest absolute Gasteiger partial charge is 0.375 e. The second kappa shape index (κ2) is 11.1. The van der Waals surface area contributed by atoms with Crippen LogP contribution in [-0.4, -0.2) is 23.3 Å². The Labute approximate surface area is 177 Å². The zero-order chi connectivity index (χ0) is 20.6. The third-order valence-electron chi connectivity index (χ3n) is 5.53. The Kier molecular flexibility index (Phi) is 9.16. The summed E-state index contributed by atoms with van der Waals surface area (Å²) in [5.74, 6) is -0.561. The Hall–Kier alpha value is -1.20. The molecular formula is C23H34BrNO3. The van der Waals surface area contributed by atoms with Crippen molar-refractivity contribution in [3.8, 4) is 0 Å². The Bertz CT molecular complexity index is 676. The summed E-state index contributed by atoms with van der Waals surface area (Å²) in [7, 11) is 0. The number of unbranched alkanes of at least 4 members (excludes halogenated alkanes) is 9. The van der Waals surface area contributed by atoms with Crippen LogP contribution < -0.4 is 4.90 Å². The van der Waals surface area contributed by atoms with E-state index >= 15 is 0 Å². The van der Waals surface area contributed by atoms with Gasteiger partial charge in [0, 0.05) is 23.0 Å². The van der Waals surface area contributed by atoms with E-state index in [1.807, 2.05) is 12.1 Å².